The fourth-order valence-corrected chi connectivity index (χ4v) is 2.69. The van der Waals surface area contributed by atoms with Crippen LogP contribution in [0.25, 0.3) is 22.2 Å². The molecule has 0 bridgehead atoms. The van der Waals surface area contributed by atoms with Gasteiger partial charge in [-0.25, -0.2) is 0 Å². The van der Waals surface area contributed by atoms with Crippen LogP contribution in [-0.4, -0.2) is 4.98 Å². The molecule has 0 spiro atoms. The number of halogens is 2. The highest BCUT2D eigenvalue weighted by Crippen LogP contribution is 2.27. The molecule has 0 unspecified atom stereocenters. The monoisotopic (exact) mass is 349 g/mol. The molecule has 84 valence electrons. The number of H-pyrrole nitrogens is 1. The number of aromatic nitrogens is 1. The quantitative estimate of drug-likeness (QED) is 0.608. The van der Waals surface area contributed by atoms with Gasteiger partial charge in [-0.1, -0.05) is 44.0 Å². The van der Waals surface area contributed by atoms with Gasteiger partial charge in [0.05, 0.1) is 0 Å². The molecule has 0 amide bonds. The maximum Gasteiger partial charge on any atom is 0.0465 e. The van der Waals surface area contributed by atoms with Crippen LogP contribution in [0.3, 0.4) is 0 Å². The molecule has 3 rings (SSSR count). The molecule has 1 nitrogen and oxygen atoms in total. The zero-order valence-electron chi connectivity index (χ0n) is 8.87. The molecule has 2 aromatic carbocycles. The van der Waals surface area contributed by atoms with Gasteiger partial charge in [0.15, 0.2) is 0 Å². The van der Waals surface area contributed by atoms with Crippen molar-refractivity contribution < 1.29 is 0 Å². The first-order valence-electron chi connectivity index (χ1n) is 5.26. The Balaban J connectivity index is 2.18. The zero-order chi connectivity index (χ0) is 11.8. The summed E-state index contributed by atoms with van der Waals surface area (Å²) in [5, 5.41) is 1.22. The minimum Gasteiger partial charge on any atom is -0.355 e. The van der Waals surface area contributed by atoms with Crippen LogP contribution in [0, 0.1) is 0 Å². The van der Waals surface area contributed by atoms with Crippen molar-refractivity contribution in [1.29, 1.82) is 0 Å². The number of benzene rings is 2. The van der Waals surface area contributed by atoms with Crippen molar-refractivity contribution in [2.75, 3.05) is 0 Å². The van der Waals surface area contributed by atoms with E-state index < -0.39 is 0 Å². The highest BCUT2D eigenvalue weighted by Gasteiger charge is 2.03. The second-order valence-electron chi connectivity index (χ2n) is 3.92. The van der Waals surface area contributed by atoms with Gasteiger partial charge >= 0.3 is 0 Å². The van der Waals surface area contributed by atoms with Crippen LogP contribution >= 0.6 is 31.9 Å². The first-order valence-corrected chi connectivity index (χ1v) is 6.85. The first-order chi connectivity index (χ1) is 8.22. The van der Waals surface area contributed by atoms with Gasteiger partial charge in [0.25, 0.3) is 0 Å². The Morgan fingerprint density at radius 1 is 0.824 bits per heavy atom. The summed E-state index contributed by atoms with van der Waals surface area (Å²) < 4.78 is 2.19. The Hall–Kier alpha value is -1.06. The third kappa shape index (κ3) is 2.17. The predicted molar refractivity (Wildman–Crippen MR) is 79.1 cm³/mol. The number of rotatable bonds is 1. The van der Waals surface area contributed by atoms with E-state index in [1.807, 2.05) is 18.2 Å². The summed E-state index contributed by atoms with van der Waals surface area (Å²) in [5.41, 5.74) is 3.48. The molecule has 0 aliphatic rings. The van der Waals surface area contributed by atoms with E-state index in [4.69, 9.17) is 0 Å². The van der Waals surface area contributed by atoms with Crippen LogP contribution in [0.4, 0.5) is 0 Å². The average Bonchev–Trinajstić information content (AvgIpc) is 2.72. The van der Waals surface area contributed by atoms with Gasteiger partial charge in [-0.3, -0.25) is 0 Å². The third-order valence-corrected chi connectivity index (χ3v) is 3.70. The van der Waals surface area contributed by atoms with E-state index in [-0.39, 0.29) is 0 Å². The van der Waals surface area contributed by atoms with Crippen LogP contribution in [0.15, 0.2) is 57.5 Å². The molecule has 0 saturated heterocycles. The Morgan fingerprint density at radius 3 is 2.47 bits per heavy atom. The molecule has 0 radical (unpaired) electrons. The summed E-state index contributed by atoms with van der Waals surface area (Å²) in [6.45, 7) is 0. The summed E-state index contributed by atoms with van der Waals surface area (Å²) in [6, 6.07) is 16.7. The van der Waals surface area contributed by atoms with Crippen molar-refractivity contribution in [3.63, 3.8) is 0 Å². The summed E-state index contributed by atoms with van der Waals surface area (Å²) in [7, 11) is 0. The molecule has 17 heavy (non-hydrogen) atoms. The second kappa shape index (κ2) is 4.31. The van der Waals surface area contributed by atoms with Gasteiger partial charge in [0.2, 0.25) is 0 Å². The molecule has 1 aromatic heterocycles. The van der Waals surface area contributed by atoms with Gasteiger partial charge in [0, 0.05) is 25.5 Å². The molecule has 1 N–H and O–H groups in total. The number of hydrogen-bond acceptors (Lipinski definition) is 0. The van der Waals surface area contributed by atoms with Crippen LogP contribution in [0.5, 0.6) is 0 Å². The SMILES string of the molecule is Brc1cccc(-c2cc3cc(Br)ccc3[nH]2)c1. The molecular weight excluding hydrogens is 342 g/mol. The number of aromatic amines is 1. The summed E-state index contributed by atoms with van der Waals surface area (Å²) >= 11 is 6.98. The number of fused-ring (bicyclic) bond motifs is 1. The molecule has 0 atom stereocenters. The lowest BCUT2D eigenvalue weighted by Gasteiger charge is -1.97. The zero-order valence-corrected chi connectivity index (χ0v) is 12.0. The molecule has 3 heteroatoms. The van der Waals surface area contributed by atoms with Crippen molar-refractivity contribution in [2.24, 2.45) is 0 Å². The summed E-state index contributed by atoms with van der Waals surface area (Å²) in [4.78, 5) is 3.42. The summed E-state index contributed by atoms with van der Waals surface area (Å²) in [5.74, 6) is 0. The standard InChI is InChI=1S/C14H9Br2N/c15-11-3-1-2-9(6-11)14-8-10-7-12(16)4-5-13(10)17-14/h1-8,17H. The lowest BCUT2D eigenvalue weighted by molar-refractivity contribution is 1.45. The molecule has 0 aliphatic heterocycles. The Bertz CT molecular complexity index is 686. The molecule has 0 aliphatic carbocycles. The topological polar surface area (TPSA) is 15.8 Å². The molecule has 3 aromatic rings. The van der Waals surface area contributed by atoms with E-state index >= 15 is 0 Å². The number of nitrogens with one attached hydrogen (secondary N) is 1. The fraction of sp³-hybridized carbons (Fsp3) is 0. The predicted octanol–water partition coefficient (Wildman–Crippen LogP) is 5.36. The lowest BCUT2D eigenvalue weighted by atomic mass is 10.1. The van der Waals surface area contributed by atoms with Gasteiger partial charge in [-0.15, -0.1) is 0 Å². The lowest BCUT2D eigenvalue weighted by Crippen LogP contribution is -1.76. The Labute approximate surface area is 116 Å². The number of hydrogen-bond donors (Lipinski definition) is 1. The molecule has 0 fully saturated rings. The molecule has 0 saturated carbocycles. The van der Waals surface area contributed by atoms with Crippen LogP contribution < -0.4 is 0 Å². The van der Waals surface area contributed by atoms with Crippen molar-refractivity contribution in [1.82, 2.24) is 4.98 Å². The van der Waals surface area contributed by atoms with Gasteiger partial charge in [-0.2, -0.15) is 0 Å². The van der Waals surface area contributed by atoms with Crippen molar-refractivity contribution in [3.8, 4) is 11.3 Å². The van der Waals surface area contributed by atoms with Gasteiger partial charge in [-0.05, 0) is 42.0 Å². The molecule has 1 heterocycles. The minimum atomic E-state index is 1.09. The molecular formula is C14H9Br2N. The first kappa shape index (κ1) is 11.1. The van der Waals surface area contributed by atoms with Crippen LogP contribution in [0.1, 0.15) is 0 Å². The van der Waals surface area contributed by atoms with Crippen molar-refractivity contribution >= 4 is 42.8 Å². The maximum atomic E-state index is 3.49. The van der Waals surface area contributed by atoms with E-state index in [0.29, 0.717) is 0 Å². The van der Waals surface area contributed by atoms with Gasteiger partial charge < -0.3 is 4.98 Å². The van der Waals surface area contributed by atoms with E-state index in [1.165, 1.54) is 10.9 Å². The van der Waals surface area contributed by atoms with Crippen LogP contribution in [0.2, 0.25) is 0 Å². The van der Waals surface area contributed by atoms with E-state index in [1.54, 1.807) is 0 Å². The van der Waals surface area contributed by atoms with E-state index in [2.05, 4.69) is 67.2 Å². The minimum absolute atomic E-state index is 1.09. The largest absolute Gasteiger partial charge is 0.355 e. The van der Waals surface area contributed by atoms with E-state index in [9.17, 15) is 0 Å². The van der Waals surface area contributed by atoms with Gasteiger partial charge in [0.1, 0.15) is 0 Å². The Kier molecular flexibility index (Phi) is 2.81. The van der Waals surface area contributed by atoms with Crippen molar-refractivity contribution in [2.45, 2.75) is 0 Å². The maximum absolute atomic E-state index is 3.49. The van der Waals surface area contributed by atoms with Crippen LogP contribution in [-0.2, 0) is 0 Å². The third-order valence-electron chi connectivity index (χ3n) is 2.72. The average molecular weight is 351 g/mol. The second-order valence-corrected chi connectivity index (χ2v) is 5.76. The Morgan fingerprint density at radius 2 is 1.65 bits per heavy atom. The highest BCUT2D eigenvalue weighted by atomic mass is 79.9. The van der Waals surface area contributed by atoms with Crippen molar-refractivity contribution in [3.05, 3.63) is 57.5 Å². The van der Waals surface area contributed by atoms with E-state index in [0.717, 1.165) is 20.2 Å². The highest BCUT2D eigenvalue weighted by molar-refractivity contribution is 9.10. The summed E-state index contributed by atoms with van der Waals surface area (Å²) in [6.07, 6.45) is 0. The fourth-order valence-electron chi connectivity index (χ4n) is 1.92. The normalized spacial score (nSPS) is 10.9. The smallest absolute Gasteiger partial charge is 0.0465 e.